The molecule has 0 N–H and O–H groups in total. The van der Waals surface area contributed by atoms with Crippen molar-refractivity contribution < 1.29 is 98.1 Å². The maximum Gasteiger partial charge on any atom is 0 e. The van der Waals surface area contributed by atoms with Crippen molar-refractivity contribution in [1.82, 2.24) is 0 Å². The number of aliphatic imine (C=N–C) groups is 1. The van der Waals surface area contributed by atoms with E-state index in [2.05, 4.69) is 31.8 Å². The van der Waals surface area contributed by atoms with E-state index in [-0.39, 0.29) is 111 Å². The monoisotopic (exact) mass is 417 g/mol. The van der Waals surface area contributed by atoms with Crippen LogP contribution < -0.4 is 0 Å². The zero-order valence-electron chi connectivity index (χ0n) is 9.49. The van der Waals surface area contributed by atoms with Gasteiger partial charge in [-0.3, -0.25) is 18.1 Å². The van der Waals surface area contributed by atoms with E-state index in [1.54, 1.807) is 6.54 Å². The fourth-order valence-electron chi connectivity index (χ4n) is 0.806. The molecule has 1 nitrogen and oxygen atoms in total. The molecule has 4 heteroatoms. The van der Waals surface area contributed by atoms with E-state index in [4.69, 9.17) is 0 Å². The molecular weight excluding hydrogens is 401 g/mol. The van der Waals surface area contributed by atoms with E-state index < -0.39 is 0 Å². The van der Waals surface area contributed by atoms with Crippen molar-refractivity contribution in [2.45, 2.75) is 20.8 Å². The summed E-state index contributed by atoms with van der Waals surface area (Å²) in [5.41, 5.74) is 1.52. The first-order valence-electron chi connectivity index (χ1n) is 3.51. The number of allylic oxidation sites excluding steroid dienone is 1. The second kappa shape index (κ2) is 11.9. The van der Waals surface area contributed by atoms with Gasteiger partial charge in [0.2, 0.25) is 0 Å². The zero-order chi connectivity index (χ0) is 7.61. The quantitative estimate of drug-likeness (QED) is 0.538. The Morgan fingerprint density at radius 3 is 1.86 bits per heavy atom. The molecule has 1 rings (SSSR count). The van der Waals surface area contributed by atoms with Crippen molar-refractivity contribution in [1.29, 1.82) is 0 Å². The van der Waals surface area contributed by atoms with E-state index in [9.17, 15) is 0 Å². The van der Waals surface area contributed by atoms with Gasteiger partial charge in [-0.1, -0.05) is 26.2 Å². The summed E-state index contributed by atoms with van der Waals surface area (Å²) in [4.78, 5) is 4.05. The molecule has 0 unspecified atom stereocenters. The van der Waals surface area contributed by atoms with Crippen LogP contribution in [0.15, 0.2) is 16.6 Å². The average Bonchev–Trinajstić information content (AvgIpc) is 1.88. The summed E-state index contributed by atoms with van der Waals surface area (Å²) in [6.07, 6.45) is 5.99. The molecule has 0 amide bonds. The molecule has 3 radical (unpaired) electrons. The first kappa shape index (κ1) is 25.3. The van der Waals surface area contributed by atoms with Gasteiger partial charge in [-0.15, -0.1) is 0 Å². The molecule has 0 saturated carbocycles. The van der Waals surface area contributed by atoms with Crippen LogP contribution >= 0.6 is 0 Å². The Hall–Kier alpha value is 2.46. The van der Waals surface area contributed by atoms with E-state index in [0.717, 1.165) is 0 Å². The fourth-order valence-corrected chi connectivity index (χ4v) is 0.806. The molecule has 0 atom stereocenters. The molecule has 0 fully saturated rings. The standard InChI is InChI=1S/C9H13N.CH3.3Y/c1-9(2,3)8-5-4-6-10-7-8;;;;/h4-7H,1-3H3;1H3;;;/q-2;-1;;;. The van der Waals surface area contributed by atoms with Gasteiger partial charge in [0.1, 0.15) is 0 Å². The Morgan fingerprint density at radius 1 is 1.14 bits per heavy atom. The average molecular weight is 417 g/mol. The number of dihydropyridines is 1. The molecule has 0 aliphatic carbocycles. The van der Waals surface area contributed by atoms with Crippen LogP contribution in [0.5, 0.6) is 0 Å². The summed E-state index contributed by atoms with van der Waals surface area (Å²) in [6.45, 7) is 8.35. The minimum absolute atomic E-state index is 0. The van der Waals surface area contributed by atoms with Crippen LogP contribution in [0.1, 0.15) is 20.8 Å². The van der Waals surface area contributed by atoms with Gasteiger partial charge in [0.05, 0.1) is 0 Å². The van der Waals surface area contributed by atoms with Gasteiger partial charge in [0.25, 0.3) is 0 Å². The molecule has 0 aromatic heterocycles. The summed E-state index contributed by atoms with van der Waals surface area (Å²) in [7, 11) is 0. The van der Waals surface area contributed by atoms with Crippen molar-refractivity contribution >= 4 is 6.21 Å². The first-order chi connectivity index (χ1) is 4.61. The molecule has 0 spiro atoms. The fraction of sp³-hybridized carbons (Fsp3) is 0.400. The third-order valence-corrected chi connectivity index (χ3v) is 1.53. The Balaban J connectivity index is -0.000000125. The Kier molecular flexibility index (Phi) is 21.6. The molecule has 14 heavy (non-hydrogen) atoms. The minimum atomic E-state index is 0. The first-order valence-corrected chi connectivity index (χ1v) is 3.51. The van der Waals surface area contributed by atoms with Gasteiger partial charge in [0.15, 0.2) is 0 Å². The summed E-state index contributed by atoms with van der Waals surface area (Å²) in [5, 5.41) is 0. The predicted molar refractivity (Wildman–Crippen MR) is 51.0 cm³/mol. The molecule has 0 saturated heterocycles. The van der Waals surface area contributed by atoms with Gasteiger partial charge < -0.3 is 12.4 Å². The Morgan fingerprint density at radius 2 is 1.64 bits per heavy atom. The van der Waals surface area contributed by atoms with Crippen LogP contribution in [0.2, 0.25) is 0 Å². The summed E-state index contributed by atoms with van der Waals surface area (Å²) >= 11 is 0. The van der Waals surface area contributed by atoms with Crippen LogP contribution in [0.3, 0.4) is 0 Å². The maximum absolute atomic E-state index is 4.05. The second-order valence-electron chi connectivity index (χ2n) is 3.49. The van der Waals surface area contributed by atoms with Gasteiger partial charge in [-0.05, 0) is 0 Å². The SMILES string of the molecule is CC(C)(C)C1=C[CH-][CH-]N=C1.[CH3-].[Y].[Y].[Y]. The molecule has 1 aliphatic rings. The number of nitrogens with zero attached hydrogens (tertiary/aromatic N) is 1. The van der Waals surface area contributed by atoms with Gasteiger partial charge in [0, 0.05) is 98.1 Å². The third-order valence-electron chi connectivity index (χ3n) is 1.53. The van der Waals surface area contributed by atoms with Crippen LogP contribution in [0, 0.1) is 25.8 Å². The Bertz CT molecular complexity index is 180. The van der Waals surface area contributed by atoms with Crippen LogP contribution in [-0.2, 0) is 98.1 Å². The molecule has 1 heterocycles. The predicted octanol–water partition coefficient (Wildman–Crippen LogP) is 2.85. The van der Waals surface area contributed by atoms with E-state index in [1.807, 2.05) is 12.6 Å². The van der Waals surface area contributed by atoms with Crippen LogP contribution in [0.25, 0.3) is 0 Å². The van der Waals surface area contributed by atoms with Gasteiger partial charge in [-0.2, -0.15) is 0 Å². The number of hydrogen-bond donors (Lipinski definition) is 0. The topological polar surface area (TPSA) is 12.4 Å². The van der Waals surface area contributed by atoms with E-state index >= 15 is 0 Å². The van der Waals surface area contributed by atoms with Crippen molar-refractivity contribution in [2.24, 2.45) is 10.4 Å². The Labute approximate surface area is 164 Å². The van der Waals surface area contributed by atoms with Crippen LogP contribution in [-0.4, -0.2) is 6.21 Å². The van der Waals surface area contributed by atoms with E-state index in [1.165, 1.54) is 5.57 Å². The molecule has 73 valence electrons. The van der Waals surface area contributed by atoms with Crippen molar-refractivity contribution in [2.75, 3.05) is 0 Å². The normalized spacial score (nSPS) is 12.4. The van der Waals surface area contributed by atoms with Gasteiger partial charge in [-0.25, -0.2) is 12.8 Å². The number of hydrogen-bond acceptors (Lipinski definition) is 1. The molecule has 0 bridgehead atoms. The van der Waals surface area contributed by atoms with Crippen molar-refractivity contribution in [3.05, 3.63) is 32.0 Å². The summed E-state index contributed by atoms with van der Waals surface area (Å²) in [6, 6.07) is 0. The minimum Gasteiger partial charge on any atom is -0.486 e. The third kappa shape index (κ3) is 9.67. The van der Waals surface area contributed by atoms with Gasteiger partial charge >= 0.3 is 0 Å². The molecule has 0 aromatic carbocycles. The number of rotatable bonds is 0. The zero-order valence-corrected chi connectivity index (χ0v) is 18.0. The van der Waals surface area contributed by atoms with Crippen molar-refractivity contribution in [3.8, 4) is 0 Å². The van der Waals surface area contributed by atoms with Crippen LogP contribution in [0.4, 0.5) is 0 Å². The van der Waals surface area contributed by atoms with Crippen molar-refractivity contribution in [3.63, 3.8) is 0 Å². The molecular formula is C10H16NY3-3. The smallest absolute Gasteiger partial charge is 0 e. The molecule has 1 aliphatic heterocycles. The maximum atomic E-state index is 4.05. The largest absolute Gasteiger partial charge is 0.486 e. The summed E-state index contributed by atoms with van der Waals surface area (Å²) < 4.78 is 0. The second-order valence-corrected chi connectivity index (χ2v) is 3.49. The summed E-state index contributed by atoms with van der Waals surface area (Å²) in [5.74, 6) is 0. The molecule has 0 aromatic rings. The van der Waals surface area contributed by atoms with E-state index in [0.29, 0.717) is 0 Å².